The number of aryl methyl sites for hydroxylation is 1. The van der Waals surface area contributed by atoms with Crippen molar-refractivity contribution in [2.45, 2.75) is 19.9 Å². The number of carbonyl (C=O) groups excluding carboxylic acids is 1. The van der Waals surface area contributed by atoms with Gasteiger partial charge in [-0.3, -0.25) is 9.36 Å². The maximum atomic E-state index is 11.8. The number of nitrogens with one attached hydrogen (secondary N) is 1. The molecule has 1 aromatic heterocycles. The van der Waals surface area contributed by atoms with Crippen LogP contribution < -0.4 is 16.8 Å². The van der Waals surface area contributed by atoms with E-state index in [0.29, 0.717) is 16.8 Å². The molecule has 0 saturated carbocycles. The van der Waals surface area contributed by atoms with E-state index in [1.54, 1.807) is 25.2 Å². The fourth-order valence-electron chi connectivity index (χ4n) is 1.74. The highest BCUT2D eigenvalue weighted by Gasteiger charge is 2.17. The molecule has 20 heavy (non-hydrogen) atoms. The molecule has 7 heteroatoms. The lowest BCUT2D eigenvalue weighted by molar-refractivity contribution is -0.118. The Morgan fingerprint density at radius 1 is 1.40 bits per heavy atom. The van der Waals surface area contributed by atoms with Gasteiger partial charge in [0.2, 0.25) is 5.91 Å². The first-order valence-corrected chi connectivity index (χ1v) is 6.06. The number of rotatable bonds is 3. The molecule has 0 saturated heterocycles. The number of hydrogen-bond donors (Lipinski definition) is 2. The molecule has 0 aliphatic heterocycles. The van der Waals surface area contributed by atoms with Gasteiger partial charge < -0.3 is 15.5 Å². The van der Waals surface area contributed by atoms with Crippen molar-refractivity contribution in [1.82, 2.24) is 4.57 Å². The number of fused-ring (bicyclic) bond motifs is 1. The van der Waals surface area contributed by atoms with Gasteiger partial charge in [0.25, 0.3) is 0 Å². The fourth-order valence-corrected chi connectivity index (χ4v) is 1.74. The van der Waals surface area contributed by atoms with Crippen molar-refractivity contribution in [3.05, 3.63) is 28.7 Å². The zero-order chi connectivity index (χ0) is 14.2. The predicted molar refractivity (Wildman–Crippen MR) is 80.1 cm³/mol. The average molecular weight is 300 g/mol. The van der Waals surface area contributed by atoms with Gasteiger partial charge in [-0.05, 0) is 18.1 Å². The van der Waals surface area contributed by atoms with Gasteiger partial charge in [-0.25, -0.2) is 4.79 Å². The third-order valence-electron chi connectivity index (χ3n) is 3.08. The third kappa shape index (κ3) is 3.02. The van der Waals surface area contributed by atoms with E-state index in [2.05, 4.69) is 5.32 Å². The molecule has 0 spiro atoms. The highest BCUT2D eigenvalue weighted by Crippen LogP contribution is 2.18. The molecule has 2 rings (SSSR count). The summed E-state index contributed by atoms with van der Waals surface area (Å²) in [6, 6.07) is 4.47. The molecule has 0 radical (unpaired) electrons. The summed E-state index contributed by atoms with van der Waals surface area (Å²) in [6.45, 7) is 3.76. The van der Waals surface area contributed by atoms with Crippen molar-refractivity contribution in [3.63, 3.8) is 0 Å². The minimum Gasteiger partial charge on any atom is -0.408 e. The van der Waals surface area contributed by atoms with E-state index >= 15 is 0 Å². The number of aromatic nitrogens is 1. The molecular formula is C13H18ClN3O3. The zero-order valence-corrected chi connectivity index (χ0v) is 12.4. The molecule has 0 unspecified atom stereocenters. The molecule has 2 aromatic rings. The lowest BCUT2D eigenvalue weighted by Crippen LogP contribution is -2.39. The van der Waals surface area contributed by atoms with E-state index in [0.717, 1.165) is 0 Å². The number of carbonyl (C=O) groups is 1. The Balaban J connectivity index is 0.00000200. The first kappa shape index (κ1) is 16.3. The first-order valence-electron chi connectivity index (χ1n) is 6.06. The maximum absolute atomic E-state index is 11.8. The van der Waals surface area contributed by atoms with Gasteiger partial charge in [0.15, 0.2) is 5.58 Å². The fraction of sp³-hybridized carbons (Fsp3) is 0.385. The van der Waals surface area contributed by atoms with Gasteiger partial charge in [0.05, 0.1) is 11.6 Å². The molecule has 3 N–H and O–H groups in total. The molecule has 0 aliphatic rings. The van der Waals surface area contributed by atoms with E-state index in [9.17, 15) is 9.59 Å². The molecule has 1 aromatic carbocycles. The zero-order valence-electron chi connectivity index (χ0n) is 11.5. The molecular weight excluding hydrogens is 282 g/mol. The van der Waals surface area contributed by atoms with E-state index in [4.69, 9.17) is 10.2 Å². The van der Waals surface area contributed by atoms with Gasteiger partial charge >= 0.3 is 5.76 Å². The molecule has 6 nitrogen and oxygen atoms in total. The molecule has 1 atom stereocenters. The van der Waals surface area contributed by atoms with Crippen LogP contribution in [0.25, 0.3) is 11.1 Å². The minimum absolute atomic E-state index is 0. The van der Waals surface area contributed by atoms with E-state index < -0.39 is 11.8 Å². The Morgan fingerprint density at radius 3 is 2.65 bits per heavy atom. The van der Waals surface area contributed by atoms with Crippen LogP contribution in [0.15, 0.2) is 27.4 Å². The van der Waals surface area contributed by atoms with Gasteiger partial charge in [0.1, 0.15) is 0 Å². The van der Waals surface area contributed by atoms with Crippen molar-refractivity contribution >= 4 is 35.1 Å². The summed E-state index contributed by atoms with van der Waals surface area (Å²) in [7, 11) is 1.63. The summed E-state index contributed by atoms with van der Waals surface area (Å²) in [5, 5.41) is 2.71. The van der Waals surface area contributed by atoms with Crippen LogP contribution in [-0.2, 0) is 11.8 Å². The second kappa shape index (κ2) is 6.11. The van der Waals surface area contributed by atoms with E-state index in [1.807, 2.05) is 13.8 Å². The lowest BCUT2D eigenvalue weighted by atomic mass is 10.0. The minimum atomic E-state index is -0.571. The monoisotopic (exact) mass is 299 g/mol. The van der Waals surface area contributed by atoms with Gasteiger partial charge in [-0.15, -0.1) is 12.4 Å². The Bertz CT molecular complexity index is 675. The second-order valence-corrected chi connectivity index (χ2v) is 4.87. The van der Waals surface area contributed by atoms with Crippen molar-refractivity contribution in [3.8, 4) is 0 Å². The largest absolute Gasteiger partial charge is 0.419 e. The highest BCUT2D eigenvalue weighted by atomic mass is 35.5. The normalized spacial score (nSPS) is 12.2. The number of oxazole rings is 1. The van der Waals surface area contributed by atoms with Crippen LogP contribution in [0.1, 0.15) is 13.8 Å². The van der Waals surface area contributed by atoms with Gasteiger partial charge in [0, 0.05) is 18.8 Å². The standard InChI is InChI=1S/C13H17N3O3.ClH/c1-7(2)11(14)12(17)15-8-4-5-9-10(6-8)19-13(18)16(9)3;/h4-7,11H,14H2,1-3H3,(H,15,17);1H/t11-;/m0./s1. The Morgan fingerprint density at radius 2 is 2.05 bits per heavy atom. The summed E-state index contributed by atoms with van der Waals surface area (Å²) in [5.41, 5.74) is 7.43. The number of anilines is 1. The van der Waals surface area contributed by atoms with Crippen LogP contribution in [0.4, 0.5) is 5.69 Å². The molecule has 0 bridgehead atoms. The van der Waals surface area contributed by atoms with E-state index in [-0.39, 0.29) is 24.2 Å². The summed E-state index contributed by atoms with van der Waals surface area (Å²) in [5.74, 6) is -0.636. The summed E-state index contributed by atoms with van der Waals surface area (Å²) < 4.78 is 6.46. The summed E-state index contributed by atoms with van der Waals surface area (Å²) in [4.78, 5) is 23.2. The second-order valence-electron chi connectivity index (χ2n) is 4.87. The van der Waals surface area contributed by atoms with E-state index in [1.165, 1.54) is 4.57 Å². The number of amides is 1. The van der Waals surface area contributed by atoms with Crippen molar-refractivity contribution in [2.75, 3.05) is 5.32 Å². The molecule has 0 aliphatic carbocycles. The van der Waals surface area contributed by atoms with Crippen LogP contribution in [0.3, 0.4) is 0 Å². The van der Waals surface area contributed by atoms with Crippen molar-refractivity contribution in [2.24, 2.45) is 18.7 Å². The number of benzene rings is 1. The van der Waals surface area contributed by atoms with Crippen LogP contribution >= 0.6 is 12.4 Å². The smallest absolute Gasteiger partial charge is 0.408 e. The molecule has 110 valence electrons. The van der Waals surface area contributed by atoms with Crippen LogP contribution in [0.5, 0.6) is 0 Å². The average Bonchev–Trinajstić information content (AvgIpc) is 2.63. The topological polar surface area (TPSA) is 90.3 Å². The van der Waals surface area contributed by atoms with Crippen LogP contribution in [0, 0.1) is 5.92 Å². The SMILES string of the molecule is CC(C)[C@H](N)C(=O)Nc1ccc2c(c1)oc(=O)n2C.Cl. The number of nitrogens with zero attached hydrogens (tertiary/aromatic N) is 1. The predicted octanol–water partition coefficient (Wildman–Crippen LogP) is 1.48. The van der Waals surface area contributed by atoms with Gasteiger partial charge in [-0.2, -0.15) is 0 Å². The van der Waals surface area contributed by atoms with Crippen molar-refractivity contribution in [1.29, 1.82) is 0 Å². The van der Waals surface area contributed by atoms with Crippen molar-refractivity contribution < 1.29 is 9.21 Å². The first-order chi connectivity index (χ1) is 8.90. The Kier molecular flexibility index (Phi) is 4.97. The quantitative estimate of drug-likeness (QED) is 0.898. The summed E-state index contributed by atoms with van der Waals surface area (Å²) >= 11 is 0. The third-order valence-corrected chi connectivity index (χ3v) is 3.08. The Hall–Kier alpha value is -1.79. The van der Waals surface area contributed by atoms with Gasteiger partial charge in [-0.1, -0.05) is 13.8 Å². The van der Waals surface area contributed by atoms with Crippen LogP contribution in [-0.4, -0.2) is 16.5 Å². The maximum Gasteiger partial charge on any atom is 0.419 e. The Labute approximate surface area is 122 Å². The molecule has 0 fully saturated rings. The highest BCUT2D eigenvalue weighted by molar-refractivity contribution is 5.96. The number of hydrogen-bond acceptors (Lipinski definition) is 4. The number of halogens is 1. The summed E-state index contributed by atoms with van der Waals surface area (Å²) in [6.07, 6.45) is 0. The molecule has 1 amide bonds. The lowest BCUT2D eigenvalue weighted by Gasteiger charge is -2.15. The molecule has 1 heterocycles. The van der Waals surface area contributed by atoms with Crippen LogP contribution in [0.2, 0.25) is 0 Å². The number of nitrogens with two attached hydrogens (primary N) is 1.